The van der Waals surface area contributed by atoms with Crippen LogP contribution in [0.4, 0.5) is 0 Å². The van der Waals surface area contributed by atoms with E-state index in [0.717, 1.165) is 10.2 Å². The van der Waals surface area contributed by atoms with Gasteiger partial charge in [0.05, 0.1) is 11.8 Å². The van der Waals surface area contributed by atoms with Gasteiger partial charge in [-0.05, 0) is 28.1 Å². The van der Waals surface area contributed by atoms with Gasteiger partial charge in [-0.2, -0.15) is 5.10 Å². The molecule has 0 radical (unpaired) electrons. The maximum Gasteiger partial charge on any atom is 0.284 e. The molecule has 7 heteroatoms. The van der Waals surface area contributed by atoms with E-state index in [-0.39, 0.29) is 4.84 Å². The van der Waals surface area contributed by atoms with Gasteiger partial charge in [-0.1, -0.05) is 0 Å². The predicted octanol–water partition coefficient (Wildman–Crippen LogP) is 1.90. The highest BCUT2D eigenvalue weighted by atomic mass is 79.9. The van der Waals surface area contributed by atoms with Gasteiger partial charge in [0, 0.05) is 7.05 Å². The van der Waals surface area contributed by atoms with Gasteiger partial charge < -0.3 is 4.42 Å². The molecule has 0 saturated carbocycles. The fourth-order valence-corrected chi connectivity index (χ4v) is 1.40. The first-order valence-corrected chi connectivity index (χ1v) is 4.62. The smallest absolute Gasteiger partial charge is 0.284 e. The highest BCUT2D eigenvalue weighted by Crippen LogP contribution is 2.25. The molecule has 0 aliphatic rings. The molecule has 0 aromatic carbocycles. The Morgan fingerprint density at radius 1 is 1.69 bits per heavy atom. The molecule has 0 bridgehead atoms. The number of hydrogen-bond donors (Lipinski definition) is 1. The second-order valence-corrected chi connectivity index (χ2v) is 3.51. The van der Waals surface area contributed by atoms with Crippen LogP contribution in [0.5, 0.6) is 0 Å². The number of halogens is 1. The number of aromatic amines is 1. The summed E-state index contributed by atoms with van der Waals surface area (Å²) in [6, 6.07) is 0. The van der Waals surface area contributed by atoms with Crippen molar-refractivity contribution in [1.29, 1.82) is 0 Å². The Bertz CT molecular complexity index is 485. The molecular weight excluding hydrogens is 256 g/mol. The number of nitrogens with one attached hydrogen (secondary N) is 1. The van der Waals surface area contributed by atoms with E-state index in [0.29, 0.717) is 5.89 Å². The Balaban J connectivity index is 2.58. The van der Waals surface area contributed by atoms with Gasteiger partial charge in [0.25, 0.3) is 10.7 Å². The van der Waals surface area contributed by atoms with Crippen molar-refractivity contribution in [3.8, 4) is 11.5 Å². The van der Waals surface area contributed by atoms with Crippen molar-refractivity contribution in [1.82, 2.24) is 20.0 Å². The van der Waals surface area contributed by atoms with E-state index >= 15 is 0 Å². The molecule has 1 N–H and O–H groups in total. The zero-order chi connectivity index (χ0) is 9.42. The molecule has 0 fully saturated rings. The molecule has 2 rings (SSSR count). The molecule has 0 unspecified atom stereocenters. The molecule has 13 heavy (non-hydrogen) atoms. The van der Waals surface area contributed by atoms with Crippen LogP contribution in [-0.2, 0) is 7.05 Å². The van der Waals surface area contributed by atoms with Crippen LogP contribution in [0.25, 0.3) is 11.5 Å². The number of aromatic nitrogens is 4. The zero-order valence-electron chi connectivity index (χ0n) is 6.61. The summed E-state index contributed by atoms with van der Waals surface area (Å²) in [7, 11) is 1.81. The minimum absolute atomic E-state index is 0.255. The third kappa shape index (κ3) is 1.44. The number of H-pyrrole nitrogens is 1. The van der Waals surface area contributed by atoms with Crippen molar-refractivity contribution in [2.24, 2.45) is 7.05 Å². The summed E-state index contributed by atoms with van der Waals surface area (Å²) in [6.07, 6.45) is 1.65. The largest absolute Gasteiger partial charge is 0.409 e. The quantitative estimate of drug-likeness (QED) is 0.796. The third-order valence-corrected chi connectivity index (χ3v) is 2.65. The number of nitrogens with zero attached hydrogens (tertiary/aromatic N) is 3. The standard InChI is InChI=1S/C6H5BrN4OS/c1-11-4(7)3(2-8-11)5-9-10-6(13)12-5/h2H,1H3,(H,10,13). The molecular formula is C6H5BrN4OS. The average molecular weight is 261 g/mol. The second kappa shape index (κ2) is 3.08. The summed E-state index contributed by atoms with van der Waals surface area (Å²) in [4.78, 5) is 0.255. The summed E-state index contributed by atoms with van der Waals surface area (Å²) in [5, 5.41) is 10.4. The van der Waals surface area contributed by atoms with Crippen molar-refractivity contribution in [3.63, 3.8) is 0 Å². The molecule has 0 spiro atoms. The van der Waals surface area contributed by atoms with Gasteiger partial charge in [0.1, 0.15) is 4.60 Å². The van der Waals surface area contributed by atoms with E-state index < -0.39 is 0 Å². The topological polar surface area (TPSA) is 59.6 Å². The number of rotatable bonds is 1. The van der Waals surface area contributed by atoms with Crippen LogP contribution in [0.3, 0.4) is 0 Å². The van der Waals surface area contributed by atoms with Crippen LogP contribution in [0.1, 0.15) is 0 Å². The highest BCUT2D eigenvalue weighted by Gasteiger charge is 2.12. The van der Waals surface area contributed by atoms with E-state index in [4.69, 9.17) is 16.6 Å². The van der Waals surface area contributed by atoms with Gasteiger partial charge in [-0.15, -0.1) is 5.10 Å². The monoisotopic (exact) mass is 260 g/mol. The van der Waals surface area contributed by atoms with Crippen LogP contribution in [-0.4, -0.2) is 20.0 Å². The SMILES string of the molecule is Cn1ncc(-c2n[nH]c(=S)o2)c1Br. The molecule has 0 amide bonds. The van der Waals surface area contributed by atoms with Crippen molar-refractivity contribution < 1.29 is 4.42 Å². The molecule has 0 aliphatic heterocycles. The minimum atomic E-state index is 0.255. The first kappa shape index (κ1) is 8.64. The lowest BCUT2D eigenvalue weighted by Gasteiger charge is -1.91. The number of aryl methyl sites for hydroxylation is 1. The van der Waals surface area contributed by atoms with Crippen molar-refractivity contribution in [2.75, 3.05) is 0 Å². The zero-order valence-corrected chi connectivity index (χ0v) is 9.02. The lowest BCUT2D eigenvalue weighted by atomic mass is 10.4. The second-order valence-electron chi connectivity index (χ2n) is 2.39. The lowest BCUT2D eigenvalue weighted by Crippen LogP contribution is -1.88. The Morgan fingerprint density at radius 2 is 2.46 bits per heavy atom. The van der Waals surface area contributed by atoms with Crippen LogP contribution in [0.2, 0.25) is 0 Å². The summed E-state index contributed by atoms with van der Waals surface area (Å²) >= 11 is 8.10. The van der Waals surface area contributed by atoms with Gasteiger partial charge in [-0.3, -0.25) is 4.68 Å². The van der Waals surface area contributed by atoms with E-state index in [1.165, 1.54) is 0 Å². The molecule has 2 heterocycles. The third-order valence-electron chi connectivity index (χ3n) is 1.53. The summed E-state index contributed by atoms with van der Waals surface area (Å²) in [5.41, 5.74) is 0.773. The average Bonchev–Trinajstić information content (AvgIpc) is 2.62. The first-order chi connectivity index (χ1) is 6.18. The van der Waals surface area contributed by atoms with Crippen LogP contribution in [0.15, 0.2) is 15.2 Å². The van der Waals surface area contributed by atoms with Gasteiger partial charge >= 0.3 is 0 Å². The van der Waals surface area contributed by atoms with Crippen LogP contribution < -0.4 is 0 Å². The van der Waals surface area contributed by atoms with Crippen molar-refractivity contribution >= 4 is 28.1 Å². The molecule has 2 aromatic heterocycles. The maximum absolute atomic E-state index is 5.13. The van der Waals surface area contributed by atoms with E-state index in [2.05, 4.69) is 31.2 Å². The van der Waals surface area contributed by atoms with E-state index in [1.807, 2.05) is 7.05 Å². The Kier molecular flexibility index (Phi) is 2.04. The summed E-state index contributed by atoms with van der Waals surface area (Å²) in [5.74, 6) is 0.435. The normalized spacial score (nSPS) is 10.6. The Hall–Kier alpha value is -0.950. The van der Waals surface area contributed by atoms with E-state index in [9.17, 15) is 0 Å². The number of hydrogen-bond acceptors (Lipinski definition) is 4. The minimum Gasteiger partial charge on any atom is -0.409 e. The summed E-state index contributed by atoms with van der Waals surface area (Å²) in [6.45, 7) is 0. The van der Waals surface area contributed by atoms with E-state index in [1.54, 1.807) is 10.9 Å². The van der Waals surface area contributed by atoms with Crippen LogP contribution in [0, 0.1) is 4.84 Å². The molecule has 5 nitrogen and oxygen atoms in total. The molecule has 0 aliphatic carbocycles. The lowest BCUT2D eigenvalue weighted by molar-refractivity contribution is 0.551. The molecule has 68 valence electrons. The van der Waals surface area contributed by atoms with Crippen LogP contribution >= 0.6 is 28.1 Å². The first-order valence-electron chi connectivity index (χ1n) is 3.42. The van der Waals surface area contributed by atoms with Gasteiger partial charge in [0.2, 0.25) is 0 Å². The molecule has 0 atom stereocenters. The predicted molar refractivity (Wildman–Crippen MR) is 51.6 cm³/mol. The maximum atomic E-state index is 5.13. The molecule has 2 aromatic rings. The Labute approximate surface area is 86.9 Å². The highest BCUT2D eigenvalue weighted by molar-refractivity contribution is 9.10. The fraction of sp³-hybridized carbons (Fsp3) is 0.167. The summed E-state index contributed by atoms with van der Waals surface area (Å²) < 4.78 is 7.60. The van der Waals surface area contributed by atoms with Gasteiger partial charge in [0.15, 0.2) is 0 Å². The van der Waals surface area contributed by atoms with Gasteiger partial charge in [-0.25, -0.2) is 5.10 Å². The van der Waals surface area contributed by atoms with Crippen molar-refractivity contribution in [3.05, 3.63) is 15.6 Å². The molecule has 0 saturated heterocycles. The Morgan fingerprint density at radius 3 is 2.92 bits per heavy atom. The fourth-order valence-electron chi connectivity index (χ4n) is 0.911. The van der Waals surface area contributed by atoms with Crippen molar-refractivity contribution in [2.45, 2.75) is 0 Å².